The molecule has 22 heavy (non-hydrogen) atoms. The van der Waals surface area contributed by atoms with Crippen molar-refractivity contribution in [2.24, 2.45) is 0 Å². The number of esters is 1. The third kappa shape index (κ3) is 3.89. The van der Waals surface area contributed by atoms with Crippen LogP contribution in [0.3, 0.4) is 0 Å². The highest BCUT2D eigenvalue weighted by Gasteiger charge is 2.13. The van der Waals surface area contributed by atoms with Gasteiger partial charge in [-0.1, -0.05) is 17.8 Å². The second-order valence-corrected chi connectivity index (χ2v) is 6.54. The van der Waals surface area contributed by atoms with E-state index in [0.29, 0.717) is 29.2 Å². The van der Waals surface area contributed by atoms with Crippen LogP contribution < -0.4 is 5.56 Å². The molecule has 0 fully saturated rings. The Morgan fingerprint density at radius 3 is 3.00 bits per heavy atom. The maximum Gasteiger partial charge on any atom is 0.316 e. The molecule has 0 aliphatic rings. The number of carbonyl (C=O) groups is 1. The van der Waals surface area contributed by atoms with Crippen molar-refractivity contribution in [1.29, 1.82) is 0 Å². The molecule has 0 saturated heterocycles. The fourth-order valence-corrected chi connectivity index (χ4v) is 3.20. The lowest BCUT2D eigenvalue weighted by atomic mass is 10.2. The van der Waals surface area contributed by atoms with Gasteiger partial charge in [-0.2, -0.15) is 0 Å². The van der Waals surface area contributed by atoms with Crippen LogP contribution in [0.4, 0.5) is 0 Å². The summed E-state index contributed by atoms with van der Waals surface area (Å²) in [5, 5.41) is 1.06. The molecule has 0 aliphatic heterocycles. The second-order valence-electron chi connectivity index (χ2n) is 4.35. The van der Waals surface area contributed by atoms with E-state index in [1.807, 2.05) is 18.2 Å². The number of nitrogens with zero attached hydrogens (tertiary/aromatic N) is 2. The third-order valence-electron chi connectivity index (χ3n) is 2.82. The minimum atomic E-state index is -0.324. The standard InChI is InChI=1S/C15H15IN2O3S/c1-3-7-18-14(20)11-8-10(16)5-6-12(11)17-15(18)22-9-13(19)21-4-2/h3,5-6,8H,1,4,7,9H2,2H3. The maximum atomic E-state index is 12.6. The molecule has 2 rings (SSSR count). The van der Waals surface area contributed by atoms with Gasteiger partial charge in [0.15, 0.2) is 5.16 Å². The Hall–Kier alpha value is -1.35. The molecular formula is C15H15IN2O3S. The Labute approximate surface area is 145 Å². The largest absolute Gasteiger partial charge is 0.465 e. The SMILES string of the molecule is C=CCn1c(SCC(=O)OCC)nc2ccc(I)cc2c1=O. The zero-order valence-electron chi connectivity index (χ0n) is 12.0. The number of allylic oxidation sites excluding steroid dienone is 1. The van der Waals surface area contributed by atoms with Gasteiger partial charge in [0.05, 0.1) is 23.3 Å². The Kier molecular flexibility index (Phi) is 6.01. The number of ether oxygens (including phenoxy) is 1. The zero-order chi connectivity index (χ0) is 16.1. The van der Waals surface area contributed by atoms with E-state index in [-0.39, 0.29) is 17.3 Å². The van der Waals surface area contributed by atoms with E-state index in [4.69, 9.17) is 4.74 Å². The van der Waals surface area contributed by atoms with Crippen molar-refractivity contribution in [3.63, 3.8) is 0 Å². The van der Waals surface area contributed by atoms with Gasteiger partial charge in [-0.25, -0.2) is 4.98 Å². The summed E-state index contributed by atoms with van der Waals surface area (Å²) in [6, 6.07) is 5.52. The Bertz CT molecular complexity index is 773. The topological polar surface area (TPSA) is 61.2 Å². The van der Waals surface area contributed by atoms with Gasteiger partial charge in [0.1, 0.15) is 0 Å². The highest BCUT2D eigenvalue weighted by molar-refractivity contribution is 14.1. The summed E-state index contributed by atoms with van der Waals surface area (Å²) in [6.07, 6.45) is 1.64. The molecule has 1 aromatic carbocycles. The number of aromatic nitrogens is 2. The summed E-state index contributed by atoms with van der Waals surface area (Å²) in [6.45, 7) is 6.11. The van der Waals surface area contributed by atoms with Crippen LogP contribution in [-0.4, -0.2) is 27.9 Å². The number of hydrogen-bond acceptors (Lipinski definition) is 5. The molecule has 0 radical (unpaired) electrons. The minimum Gasteiger partial charge on any atom is -0.465 e. The van der Waals surface area contributed by atoms with Crippen LogP contribution in [0.1, 0.15) is 6.92 Å². The summed E-state index contributed by atoms with van der Waals surface area (Å²) < 4.78 is 7.40. The van der Waals surface area contributed by atoms with Crippen LogP contribution in [0.5, 0.6) is 0 Å². The lowest BCUT2D eigenvalue weighted by Crippen LogP contribution is -2.23. The van der Waals surface area contributed by atoms with Crippen LogP contribution in [0, 0.1) is 3.57 Å². The first-order valence-corrected chi connectivity index (χ1v) is 8.72. The number of carbonyl (C=O) groups excluding carboxylic acids is 1. The molecule has 116 valence electrons. The molecule has 2 aromatic rings. The average Bonchev–Trinajstić information content (AvgIpc) is 2.49. The Balaban J connectivity index is 2.45. The average molecular weight is 430 g/mol. The molecule has 0 N–H and O–H groups in total. The molecular weight excluding hydrogens is 415 g/mol. The number of halogens is 1. The first-order chi connectivity index (χ1) is 10.6. The van der Waals surface area contributed by atoms with E-state index in [1.54, 1.807) is 13.0 Å². The number of rotatable bonds is 6. The van der Waals surface area contributed by atoms with Gasteiger partial charge in [0.25, 0.3) is 5.56 Å². The maximum absolute atomic E-state index is 12.6. The summed E-state index contributed by atoms with van der Waals surface area (Å²) in [4.78, 5) is 28.6. The summed E-state index contributed by atoms with van der Waals surface area (Å²) in [7, 11) is 0. The first kappa shape index (κ1) is 17.0. The highest BCUT2D eigenvalue weighted by atomic mass is 127. The fourth-order valence-electron chi connectivity index (χ4n) is 1.90. The van der Waals surface area contributed by atoms with Gasteiger partial charge in [-0.15, -0.1) is 6.58 Å². The van der Waals surface area contributed by atoms with Gasteiger partial charge in [-0.05, 0) is 47.7 Å². The molecule has 0 aliphatic carbocycles. The summed E-state index contributed by atoms with van der Waals surface area (Å²) >= 11 is 3.35. The molecule has 1 heterocycles. The lowest BCUT2D eigenvalue weighted by molar-refractivity contribution is -0.139. The van der Waals surface area contributed by atoms with Gasteiger partial charge in [0, 0.05) is 10.1 Å². The number of thioether (sulfide) groups is 1. The molecule has 7 heteroatoms. The molecule has 1 aromatic heterocycles. The second kappa shape index (κ2) is 7.77. The monoisotopic (exact) mass is 430 g/mol. The summed E-state index contributed by atoms with van der Waals surface area (Å²) in [5.41, 5.74) is 0.492. The van der Waals surface area contributed by atoms with Crippen molar-refractivity contribution < 1.29 is 9.53 Å². The normalized spacial score (nSPS) is 10.6. The fraction of sp³-hybridized carbons (Fsp3) is 0.267. The quantitative estimate of drug-likeness (QED) is 0.232. The molecule has 0 atom stereocenters. The molecule has 0 unspecified atom stereocenters. The van der Waals surface area contributed by atoms with Crippen LogP contribution in [0.25, 0.3) is 10.9 Å². The molecule has 0 spiro atoms. The number of hydrogen-bond donors (Lipinski definition) is 0. The molecule has 5 nitrogen and oxygen atoms in total. The van der Waals surface area contributed by atoms with E-state index >= 15 is 0 Å². The Morgan fingerprint density at radius 1 is 1.55 bits per heavy atom. The van der Waals surface area contributed by atoms with Gasteiger partial charge >= 0.3 is 5.97 Å². The van der Waals surface area contributed by atoms with Crippen LogP contribution in [-0.2, 0) is 16.1 Å². The van der Waals surface area contributed by atoms with Gasteiger partial charge < -0.3 is 4.74 Å². The van der Waals surface area contributed by atoms with Crippen molar-refractivity contribution in [2.75, 3.05) is 12.4 Å². The smallest absolute Gasteiger partial charge is 0.316 e. The first-order valence-electron chi connectivity index (χ1n) is 6.66. The molecule has 0 bridgehead atoms. The predicted octanol–water partition coefficient (Wildman–Crippen LogP) is 2.84. The van der Waals surface area contributed by atoms with Crippen molar-refractivity contribution in [3.05, 3.63) is 44.8 Å². The molecule has 0 saturated carbocycles. The number of benzene rings is 1. The van der Waals surface area contributed by atoms with Crippen LogP contribution in [0.2, 0.25) is 0 Å². The van der Waals surface area contributed by atoms with E-state index in [1.165, 1.54) is 16.3 Å². The van der Waals surface area contributed by atoms with Crippen LogP contribution >= 0.6 is 34.4 Å². The lowest BCUT2D eigenvalue weighted by Gasteiger charge is -2.11. The third-order valence-corrected chi connectivity index (χ3v) is 4.44. The predicted molar refractivity (Wildman–Crippen MR) is 96.3 cm³/mol. The highest BCUT2D eigenvalue weighted by Crippen LogP contribution is 2.19. The Morgan fingerprint density at radius 2 is 2.32 bits per heavy atom. The molecule has 0 amide bonds. The summed E-state index contributed by atoms with van der Waals surface area (Å²) in [5.74, 6) is -0.206. The van der Waals surface area contributed by atoms with Gasteiger partial charge in [-0.3, -0.25) is 14.2 Å². The van der Waals surface area contributed by atoms with Gasteiger partial charge in [0.2, 0.25) is 0 Å². The van der Waals surface area contributed by atoms with Crippen LogP contribution in [0.15, 0.2) is 40.8 Å². The van der Waals surface area contributed by atoms with Crippen molar-refractivity contribution in [1.82, 2.24) is 9.55 Å². The van der Waals surface area contributed by atoms with E-state index < -0.39 is 0 Å². The van der Waals surface area contributed by atoms with E-state index in [0.717, 1.165) is 3.57 Å². The van der Waals surface area contributed by atoms with E-state index in [2.05, 4.69) is 34.2 Å². The minimum absolute atomic E-state index is 0.118. The van der Waals surface area contributed by atoms with Crippen molar-refractivity contribution >= 4 is 51.2 Å². The van der Waals surface area contributed by atoms with Crippen molar-refractivity contribution in [2.45, 2.75) is 18.6 Å². The number of fused-ring (bicyclic) bond motifs is 1. The van der Waals surface area contributed by atoms with E-state index in [9.17, 15) is 9.59 Å². The van der Waals surface area contributed by atoms with Crippen molar-refractivity contribution in [3.8, 4) is 0 Å². The zero-order valence-corrected chi connectivity index (χ0v) is 15.0.